The minimum atomic E-state index is -0.371. The molecule has 3 rings (SSSR count). The summed E-state index contributed by atoms with van der Waals surface area (Å²) in [5.41, 5.74) is 2.97. The average Bonchev–Trinajstić information content (AvgIpc) is 3.08. The van der Waals surface area contributed by atoms with Gasteiger partial charge in [-0.3, -0.25) is 4.79 Å². The summed E-state index contributed by atoms with van der Waals surface area (Å²) in [5, 5.41) is 0. The van der Waals surface area contributed by atoms with Crippen LogP contribution in [0.15, 0.2) is 24.3 Å². The molecular formula is C22H30N4O3. The summed E-state index contributed by atoms with van der Waals surface area (Å²) in [6, 6.07) is 7.78. The highest BCUT2D eigenvalue weighted by Gasteiger charge is 2.32. The van der Waals surface area contributed by atoms with Gasteiger partial charge >= 0.3 is 5.97 Å². The molecule has 2 aromatic rings. The number of esters is 1. The van der Waals surface area contributed by atoms with Crippen molar-refractivity contribution in [2.45, 2.75) is 46.2 Å². The van der Waals surface area contributed by atoms with E-state index < -0.39 is 0 Å². The Labute approximate surface area is 172 Å². The largest absolute Gasteiger partial charge is 0.461 e. The molecule has 29 heavy (non-hydrogen) atoms. The lowest BCUT2D eigenvalue weighted by Crippen LogP contribution is -2.37. The van der Waals surface area contributed by atoms with Crippen LogP contribution in [-0.4, -0.2) is 53.6 Å². The van der Waals surface area contributed by atoms with E-state index in [1.54, 1.807) is 25.9 Å². The number of aromatic nitrogens is 2. The number of hydrogen-bond acceptors (Lipinski definition) is 5. The lowest BCUT2D eigenvalue weighted by Gasteiger charge is -2.36. The molecular weight excluding hydrogens is 368 g/mol. The summed E-state index contributed by atoms with van der Waals surface area (Å²) in [6.07, 6.45) is 0. The molecule has 1 aromatic carbocycles. The minimum absolute atomic E-state index is 0.0205. The fourth-order valence-corrected chi connectivity index (χ4v) is 3.81. The minimum Gasteiger partial charge on any atom is -0.461 e. The van der Waals surface area contributed by atoms with Crippen LogP contribution in [0.3, 0.4) is 0 Å². The van der Waals surface area contributed by atoms with Crippen molar-refractivity contribution in [2.24, 2.45) is 0 Å². The van der Waals surface area contributed by atoms with Crippen LogP contribution in [0.5, 0.6) is 0 Å². The zero-order valence-corrected chi connectivity index (χ0v) is 18.1. The summed E-state index contributed by atoms with van der Waals surface area (Å²) < 4.78 is 7.44. The van der Waals surface area contributed by atoms with Gasteiger partial charge in [-0.1, -0.05) is 13.8 Å². The van der Waals surface area contributed by atoms with E-state index in [2.05, 4.69) is 35.2 Å². The maximum Gasteiger partial charge on any atom is 0.358 e. The Hall–Kier alpha value is -2.83. The van der Waals surface area contributed by atoms with Crippen molar-refractivity contribution in [2.75, 3.05) is 32.1 Å². The van der Waals surface area contributed by atoms with Crippen molar-refractivity contribution < 1.29 is 14.3 Å². The van der Waals surface area contributed by atoms with Gasteiger partial charge in [0.05, 0.1) is 18.8 Å². The molecule has 0 spiro atoms. The molecule has 0 N–H and O–H groups in total. The third-order valence-electron chi connectivity index (χ3n) is 5.17. The number of anilines is 1. The zero-order valence-electron chi connectivity index (χ0n) is 18.1. The molecule has 156 valence electrons. The van der Waals surface area contributed by atoms with Crippen LogP contribution in [0.4, 0.5) is 5.69 Å². The molecule has 1 aromatic heterocycles. The fraction of sp³-hybridized carbons (Fsp3) is 0.500. The second kappa shape index (κ2) is 8.27. The predicted molar refractivity (Wildman–Crippen MR) is 112 cm³/mol. The summed E-state index contributed by atoms with van der Waals surface area (Å²) in [6.45, 7) is 9.81. The molecule has 2 heterocycles. The number of nitrogens with zero attached hydrogens (tertiary/aromatic N) is 4. The van der Waals surface area contributed by atoms with Gasteiger partial charge in [0.15, 0.2) is 5.69 Å². The first kappa shape index (κ1) is 20.9. The van der Waals surface area contributed by atoms with Crippen LogP contribution in [-0.2, 0) is 11.3 Å². The van der Waals surface area contributed by atoms with Crippen molar-refractivity contribution in [3.8, 4) is 0 Å². The summed E-state index contributed by atoms with van der Waals surface area (Å²) in [7, 11) is 3.49. The van der Waals surface area contributed by atoms with Gasteiger partial charge in [0, 0.05) is 43.9 Å². The molecule has 1 aliphatic rings. The topological polar surface area (TPSA) is 67.7 Å². The SMILES string of the molecule is CCOC(=O)c1nc(C(C)C)n2c1CN(c1ccc(C(=O)N(C)C)cc1)C[C@H]2C. The molecule has 1 amide bonds. The van der Waals surface area contributed by atoms with Gasteiger partial charge < -0.3 is 19.1 Å². The van der Waals surface area contributed by atoms with Crippen LogP contribution in [0.2, 0.25) is 0 Å². The number of ether oxygens (including phenoxy) is 1. The summed E-state index contributed by atoms with van der Waals surface area (Å²) >= 11 is 0. The number of hydrogen-bond donors (Lipinski definition) is 0. The Morgan fingerprint density at radius 2 is 1.90 bits per heavy atom. The van der Waals surface area contributed by atoms with E-state index in [1.807, 2.05) is 24.3 Å². The molecule has 0 saturated heterocycles. The number of carbonyl (C=O) groups excluding carboxylic acids is 2. The number of imidazole rings is 1. The molecule has 7 nitrogen and oxygen atoms in total. The van der Waals surface area contributed by atoms with E-state index >= 15 is 0 Å². The summed E-state index contributed by atoms with van der Waals surface area (Å²) in [4.78, 5) is 33.1. The molecule has 0 aliphatic carbocycles. The van der Waals surface area contributed by atoms with E-state index in [9.17, 15) is 9.59 Å². The second-order valence-electron chi connectivity index (χ2n) is 7.99. The molecule has 7 heteroatoms. The van der Waals surface area contributed by atoms with Gasteiger partial charge in [0.25, 0.3) is 5.91 Å². The van der Waals surface area contributed by atoms with Crippen molar-refractivity contribution in [3.05, 3.63) is 47.0 Å². The Morgan fingerprint density at radius 3 is 2.45 bits per heavy atom. The number of benzene rings is 1. The third kappa shape index (κ3) is 3.99. The predicted octanol–water partition coefficient (Wildman–Crippen LogP) is 3.47. The van der Waals surface area contributed by atoms with Crippen molar-refractivity contribution in [1.82, 2.24) is 14.5 Å². The van der Waals surface area contributed by atoms with Gasteiger partial charge in [-0.2, -0.15) is 0 Å². The van der Waals surface area contributed by atoms with Gasteiger partial charge in [-0.05, 0) is 38.1 Å². The smallest absolute Gasteiger partial charge is 0.358 e. The van der Waals surface area contributed by atoms with Gasteiger partial charge in [-0.15, -0.1) is 0 Å². The van der Waals surface area contributed by atoms with Crippen LogP contribution in [0.1, 0.15) is 72.0 Å². The van der Waals surface area contributed by atoms with Crippen molar-refractivity contribution >= 4 is 17.6 Å². The number of rotatable bonds is 5. The van der Waals surface area contributed by atoms with E-state index in [1.165, 1.54) is 0 Å². The Balaban J connectivity index is 1.95. The second-order valence-corrected chi connectivity index (χ2v) is 7.99. The monoisotopic (exact) mass is 398 g/mol. The highest BCUT2D eigenvalue weighted by Crippen LogP contribution is 2.32. The lowest BCUT2D eigenvalue weighted by atomic mass is 10.1. The van der Waals surface area contributed by atoms with Crippen LogP contribution >= 0.6 is 0 Å². The maximum absolute atomic E-state index is 12.5. The number of carbonyl (C=O) groups is 2. The molecule has 0 fully saturated rings. The summed E-state index contributed by atoms with van der Waals surface area (Å²) in [5.74, 6) is 0.737. The number of amides is 1. The molecule has 0 unspecified atom stereocenters. The lowest BCUT2D eigenvalue weighted by molar-refractivity contribution is 0.0518. The first-order valence-electron chi connectivity index (χ1n) is 10.1. The van der Waals surface area contributed by atoms with Crippen LogP contribution in [0.25, 0.3) is 0 Å². The van der Waals surface area contributed by atoms with E-state index in [4.69, 9.17) is 4.74 Å². The van der Waals surface area contributed by atoms with Gasteiger partial charge in [0.1, 0.15) is 5.82 Å². The highest BCUT2D eigenvalue weighted by atomic mass is 16.5. The van der Waals surface area contributed by atoms with E-state index in [0.29, 0.717) is 24.4 Å². The van der Waals surface area contributed by atoms with Crippen LogP contribution < -0.4 is 4.90 Å². The maximum atomic E-state index is 12.5. The first-order chi connectivity index (χ1) is 13.7. The highest BCUT2D eigenvalue weighted by molar-refractivity contribution is 5.94. The van der Waals surface area contributed by atoms with E-state index in [0.717, 1.165) is 23.8 Å². The van der Waals surface area contributed by atoms with Crippen molar-refractivity contribution in [1.29, 1.82) is 0 Å². The Kier molecular flexibility index (Phi) is 5.96. The Morgan fingerprint density at radius 1 is 1.24 bits per heavy atom. The van der Waals surface area contributed by atoms with Crippen molar-refractivity contribution in [3.63, 3.8) is 0 Å². The molecule has 0 saturated carbocycles. The molecule has 1 atom stereocenters. The molecule has 1 aliphatic heterocycles. The normalized spacial score (nSPS) is 16.0. The van der Waals surface area contributed by atoms with E-state index in [-0.39, 0.29) is 23.8 Å². The molecule has 0 radical (unpaired) electrons. The quantitative estimate of drug-likeness (QED) is 0.722. The first-order valence-corrected chi connectivity index (χ1v) is 10.1. The standard InChI is InChI=1S/C22H30N4O3/c1-7-29-22(28)19-18-13-25(12-15(4)26(18)20(23-19)14(2)3)17-10-8-16(9-11-17)21(27)24(5)6/h8-11,14-15H,7,12-13H2,1-6H3/t15-/m1/s1. The van der Waals surface area contributed by atoms with Gasteiger partial charge in [0.2, 0.25) is 0 Å². The molecule has 0 bridgehead atoms. The average molecular weight is 399 g/mol. The number of fused-ring (bicyclic) bond motifs is 1. The zero-order chi connectivity index (χ0) is 21.3. The Bertz CT molecular complexity index is 900. The fourth-order valence-electron chi connectivity index (χ4n) is 3.81. The van der Waals surface area contributed by atoms with Gasteiger partial charge in [-0.25, -0.2) is 9.78 Å². The van der Waals surface area contributed by atoms with Crippen LogP contribution in [0, 0.1) is 0 Å². The third-order valence-corrected chi connectivity index (χ3v) is 5.17.